The molecule has 1 heterocycles. The second-order valence-electron chi connectivity index (χ2n) is 5.05. The zero-order valence-corrected chi connectivity index (χ0v) is 11.9. The number of nitrogens with one attached hydrogen (secondary N) is 1. The van der Waals surface area contributed by atoms with E-state index in [-0.39, 0.29) is 17.4 Å². The van der Waals surface area contributed by atoms with Crippen molar-refractivity contribution in [3.8, 4) is 22.5 Å². The lowest BCUT2D eigenvalue weighted by Gasteiger charge is -2.02. The number of carbonyl (C=O) groups is 1. The lowest BCUT2D eigenvalue weighted by molar-refractivity contribution is 0.101. The number of aromatic amines is 1. The summed E-state index contributed by atoms with van der Waals surface area (Å²) >= 11 is 0. The topological polar surface area (TPSA) is 32.9 Å². The van der Waals surface area contributed by atoms with Crippen molar-refractivity contribution in [2.24, 2.45) is 0 Å². The molecular formula is C18H13F2NO. The molecule has 0 saturated carbocycles. The summed E-state index contributed by atoms with van der Waals surface area (Å²) in [6.07, 6.45) is 0. The van der Waals surface area contributed by atoms with E-state index in [0.717, 1.165) is 0 Å². The summed E-state index contributed by atoms with van der Waals surface area (Å²) in [5.41, 5.74) is 2.80. The van der Waals surface area contributed by atoms with E-state index in [2.05, 4.69) is 4.98 Å². The van der Waals surface area contributed by atoms with Crippen molar-refractivity contribution < 1.29 is 13.6 Å². The van der Waals surface area contributed by atoms with Crippen LogP contribution in [-0.2, 0) is 0 Å². The third kappa shape index (κ3) is 2.68. The number of carbonyl (C=O) groups excluding carboxylic acids is 1. The molecule has 0 atom stereocenters. The van der Waals surface area contributed by atoms with Gasteiger partial charge in [0.2, 0.25) is 0 Å². The first-order valence-electron chi connectivity index (χ1n) is 6.80. The normalized spacial score (nSPS) is 10.7. The van der Waals surface area contributed by atoms with Crippen molar-refractivity contribution >= 4 is 5.78 Å². The van der Waals surface area contributed by atoms with Crippen LogP contribution in [-0.4, -0.2) is 10.8 Å². The second-order valence-corrected chi connectivity index (χ2v) is 5.05. The minimum absolute atomic E-state index is 0.141. The van der Waals surface area contributed by atoms with Crippen LogP contribution < -0.4 is 0 Å². The molecule has 0 amide bonds. The van der Waals surface area contributed by atoms with Gasteiger partial charge in [0.1, 0.15) is 11.6 Å². The molecule has 22 heavy (non-hydrogen) atoms. The fourth-order valence-electron chi connectivity index (χ4n) is 2.42. The first-order valence-corrected chi connectivity index (χ1v) is 6.80. The molecule has 2 aromatic carbocycles. The maximum Gasteiger partial charge on any atom is 0.161 e. The van der Waals surface area contributed by atoms with E-state index in [4.69, 9.17) is 0 Å². The number of hydrogen-bond acceptors (Lipinski definition) is 1. The zero-order valence-electron chi connectivity index (χ0n) is 11.9. The standard InChI is InChI=1S/C18H13F2NO/c1-11(22)16-10-17(12-4-2-6-14(19)8-12)21-18(16)13-5-3-7-15(20)9-13/h2-10,21H,1H3. The third-order valence-corrected chi connectivity index (χ3v) is 3.45. The number of Topliss-reactive ketones (excluding diaryl/α,β-unsaturated/α-hetero) is 1. The Morgan fingerprint density at radius 3 is 2.09 bits per heavy atom. The van der Waals surface area contributed by atoms with Crippen LogP contribution in [0.25, 0.3) is 22.5 Å². The molecule has 4 heteroatoms. The Hall–Kier alpha value is -2.75. The largest absolute Gasteiger partial charge is 0.354 e. The van der Waals surface area contributed by atoms with E-state index in [9.17, 15) is 13.6 Å². The molecule has 0 saturated heterocycles. The van der Waals surface area contributed by atoms with Gasteiger partial charge in [-0.3, -0.25) is 4.79 Å². The van der Waals surface area contributed by atoms with Gasteiger partial charge in [-0.25, -0.2) is 8.78 Å². The van der Waals surface area contributed by atoms with Gasteiger partial charge < -0.3 is 4.98 Å². The van der Waals surface area contributed by atoms with Crippen LogP contribution in [0.4, 0.5) is 8.78 Å². The minimum Gasteiger partial charge on any atom is -0.354 e. The van der Waals surface area contributed by atoms with Crippen molar-refractivity contribution in [2.75, 3.05) is 0 Å². The fraction of sp³-hybridized carbons (Fsp3) is 0.0556. The van der Waals surface area contributed by atoms with E-state index in [0.29, 0.717) is 28.1 Å². The molecule has 3 aromatic rings. The molecule has 2 nitrogen and oxygen atoms in total. The molecule has 110 valence electrons. The molecule has 0 aliphatic rings. The number of aromatic nitrogens is 1. The van der Waals surface area contributed by atoms with Crippen LogP contribution in [0.15, 0.2) is 54.6 Å². The SMILES string of the molecule is CC(=O)c1cc(-c2cccc(F)c2)[nH]c1-c1cccc(F)c1. The van der Waals surface area contributed by atoms with Gasteiger partial charge in [0.25, 0.3) is 0 Å². The van der Waals surface area contributed by atoms with Gasteiger partial charge in [-0.1, -0.05) is 24.3 Å². The molecule has 0 fully saturated rings. The molecule has 0 spiro atoms. The van der Waals surface area contributed by atoms with Gasteiger partial charge in [-0.2, -0.15) is 0 Å². The highest BCUT2D eigenvalue weighted by molar-refractivity contribution is 6.01. The molecule has 1 aromatic heterocycles. The van der Waals surface area contributed by atoms with E-state index in [1.54, 1.807) is 30.3 Å². The third-order valence-electron chi connectivity index (χ3n) is 3.45. The van der Waals surface area contributed by atoms with Gasteiger partial charge in [-0.05, 0) is 37.3 Å². The highest BCUT2D eigenvalue weighted by Gasteiger charge is 2.15. The van der Waals surface area contributed by atoms with Crippen molar-refractivity contribution in [3.05, 3.63) is 71.8 Å². The Kier molecular flexibility index (Phi) is 3.59. The maximum absolute atomic E-state index is 13.4. The zero-order chi connectivity index (χ0) is 15.7. The van der Waals surface area contributed by atoms with Crippen molar-refractivity contribution in [2.45, 2.75) is 6.92 Å². The average Bonchev–Trinajstić information content (AvgIpc) is 2.92. The maximum atomic E-state index is 13.4. The molecule has 1 N–H and O–H groups in total. The van der Waals surface area contributed by atoms with Gasteiger partial charge in [0.15, 0.2) is 5.78 Å². The summed E-state index contributed by atoms with van der Waals surface area (Å²) in [6.45, 7) is 1.45. The molecular weight excluding hydrogens is 284 g/mol. The Labute approximate surface area is 126 Å². The van der Waals surface area contributed by atoms with E-state index in [1.807, 2.05) is 0 Å². The van der Waals surface area contributed by atoms with Crippen molar-refractivity contribution in [1.29, 1.82) is 0 Å². The van der Waals surface area contributed by atoms with Crippen molar-refractivity contribution in [3.63, 3.8) is 0 Å². The van der Waals surface area contributed by atoms with E-state index < -0.39 is 0 Å². The first-order chi connectivity index (χ1) is 10.5. The van der Waals surface area contributed by atoms with Crippen LogP contribution in [0.2, 0.25) is 0 Å². The van der Waals surface area contributed by atoms with E-state index >= 15 is 0 Å². The van der Waals surface area contributed by atoms with Crippen LogP contribution >= 0.6 is 0 Å². The number of ketones is 1. The summed E-state index contributed by atoms with van der Waals surface area (Å²) in [6, 6.07) is 13.7. The predicted molar refractivity (Wildman–Crippen MR) is 81.6 cm³/mol. The van der Waals surface area contributed by atoms with E-state index in [1.165, 1.54) is 31.2 Å². The first kappa shape index (κ1) is 14.2. The fourth-order valence-corrected chi connectivity index (χ4v) is 2.42. The number of H-pyrrole nitrogens is 1. The van der Waals surface area contributed by atoms with Crippen LogP contribution in [0.5, 0.6) is 0 Å². The second kappa shape index (κ2) is 5.56. The highest BCUT2D eigenvalue weighted by atomic mass is 19.1. The Morgan fingerprint density at radius 1 is 0.909 bits per heavy atom. The Morgan fingerprint density at radius 2 is 1.50 bits per heavy atom. The van der Waals surface area contributed by atoms with Crippen LogP contribution in [0, 0.1) is 11.6 Å². The Balaban J connectivity index is 2.16. The van der Waals surface area contributed by atoms with Crippen LogP contribution in [0.3, 0.4) is 0 Å². The molecule has 0 aliphatic carbocycles. The monoisotopic (exact) mass is 297 g/mol. The van der Waals surface area contributed by atoms with Gasteiger partial charge in [0.05, 0.1) is 5.69 Å². The Bertz CT molecular complexity index is 852. The molecule has 3 rings (SSSR count). The lowest BCUT2D eigenvalue weighted by atomic mass is 10.1. The van der Waals surface area contributed by atoms with Crippen molar-refractivity contribution in [1.82, 2.24) is 4.98 Å². The molecule has 0 bridgehead atoms. The quantitative estimate of drug-likeness (QED) is 0.690. The molecule has 0 aliphatic heterocycles. The van der Waals surface area contributed by atoms with Gasteiger partial charge in [0, 0.05) is 22.4 Å². The number of hydrogen-bond donors (Lipinski definition) is 1. The summed E-state index contributed by atoms with van der Waals surface area (Å²) in [7, 11) is 0. The minimum atomic E-state index is -0.381. The van der Waals surface area contributed by atoms with Gasteiger partial charge >= 0.3 is 0 Å². The summed E-state index contributed by atoms with van der Waals surface area (Å²) in [4.78, 5) is 14.9. The van der Waals surface area contributed by atoms with Crippen LogP contribution in [0.1, 0.15) is 17.3 Å². The van der Waals surface area contributed by atoms with Gasteiger partial charge in [-0.15, -0.1) is 0 Å². The summed E-state index contributed by atoms with van der Waals surface area (Å²) < 4.78 is 26.8. The predicted octanol–water partition coefficient (Wildman–Crippen LogP) is 4.83. The lowest BCUT2D eigenvalue weighted by Crippen LogP contribution is -1.93. The highest BCUT2D eigenvalue weighted by Crippen LogP contribution is 2.30. The smallest absolute Gasteiger partial charge is 0.161 e. The summed E-state index contributed by atoms with van der Waals surface area (Å²) in [5.74, 6) is -0.879. The average molecular weight is 297 g/mol. The summed E-state index contributed by atoms with van der Waals surface area (Å²) in [5, 5.41) is 0. The number of benzene rings is 2. The number of halogens is 2. The molecule has 0 radical (unpaired) electrons. The molecule has 0 unspecified atom stereocenters. The number of rotatable bonds is 3.